The predicted octanol–water partition coefficient (Wildman–Crippen LogP) is 1.76. The molecule has 0 saturated carbocycles. The summed E-state index contributed by atoms with van der Waals surface area (Å²) >= 11 is 0. The molecule has 160 valence electrons. The third kappa shape index (κ3) is 3.89. The van der Waals surface area contributed by atoms with Crippen molar-refractivity contribution in [3.05, 3.63) is 60.6 Å². The highest BCUT2D eigenvalue weighted by molar-refractivity contribution is 7.88. The van der Waals surface area contributed by atoms with Gasteiger partial charge in [0.25, 0.3) is 0 Å². The lowest BCUT2D eigenvalue weighted by Gasteiger charge is -2.34. The van der Waals surface area contributed by atoms with E-state index < -0.39 is 10.0 Å². The molecule has 10 nitrogen and oxygen atoms in total. The normalized spacial score (nSPS) is 15.6. The minimum atomic E-state index is -3.52. The van der Waals surface area contributed by atoms with E-state index in [1.807, 2.05) is 42.0 Å². The lowest BCUT2D eigenvalue weighted by atomic mass is 10.2. The van der Waals surface area contributed by atoms with Gasteiger partial charge in [-0.3, -0.25) is 4.57 Å². The van der Waals surface area contributed by atoms with E-state index in [1.54, 1.807) is 18.6 Å². The Morgan fingerprint density at radius 1 is 1.06 bits per heavy atom. The fraction of sp³-hybridized carbons (Fsp3) is 0.300. The molecule has 1 aliphatic rings. The van der Waals surface area contributed by atoms with Gasteiger partial charge in [0.15, 0.2) is 5.58 Å². The van der Waals surface area contributed by atoms with Gasteiger partial charge in [-0.15, -0.1) is 0 Å². The number of aromatic nitrogens is 5. The van der Waals surface area contributed by atoms with Gasteiger partial charge in [-0.1, -0.05) is 17.3 Å². The average Bonchev–Trinajstić information content (AvgIpc) is 3.44. The third-order valence-corrected chi connectivity index (χ3v) is 7.10. The minimum absolute atomic E-state index is 0.179. The maximum absolute atomic E-state index is 13.0. The molecule has 3 aromatic heterocycles. The molecule has 0 radical (unpaired) electrons. The van der Waals surface area contributed by atoms with Gasteiger partial charge in [0.2, 0.25) is 10.0 Å². The Morgan fingerprint density at radius 3 is 2.61 bits per heavy atom. The van der Waals surface area contributed by atoms with Gasteiger partial charge in [-0.2, -0.15) is 4.31 Å². The van der Waals surface area contributed by atoms with Crippen molar-refractivity contribution >= 4 is 26.8 Å². The van der Waals surface area contributed by atoms with E-state index in [0.717, 1.165) is 17.0 Å². The van der Waals surface area contributed by atoms with Gasteiger partial charge in [0, 0.05) is 50.0 Å². The zero-order chi connectivity index (χ0) is 21.4. The van der Waals surface area contributed by atoms with Gasteiger partial charge in [0.05, 0.1) is 0 Å². The number of aryl methyl sites for hydroxylation is 1. The van der Waals surface area contributed by atoms with Crippen molar-refractivity contribution in [3.8, 4) is 5.82 Å². The Labute approximate surface area is 179 Å². The van der Waals surface area contributed by atoms with Gasteiger partial charge in [-0.25, -0.2) is 23.4 Å². The number of benzene rings is 1. The van der Waals surface area contributed by atoms with E-state index in [-0.39, 0.29) is 5.75 Å². The molecule has 0 unspecified atom stereocenters. The molecule has 0 bridgehead atoms. The first-order chi connectivity index (χ1) is 15.0. The number of imidazole rings is 1. The minimum Gasteiger partial charge on any atom is -0.356 e. The number of rotatable bonds is 5. The summed E-state index contributed by atoms with van der Waals surface area (Å²) in [6, 6.07) is 9.16. The van der Waals surface area contributed by atoms with Crippen LogP contribution < -0.4 is 4.90 Å². The molecule has 1 aliphatic heterocycles. The van der Waals surface area contributed by atoms with Crippen LogP contribution in [-0.2, 0) is 15.8 Å². The Bertz CT molecular complexity index is 1310. The smallest absolute Gasteiger partial charge is 0.220 e. The van der Waals surface area contributed by atoms with Gasteiger partial charge in [0.1, 0.15) is 35.2 Å². The predicted molar refractivity (Wildman–Crippen MR) is 114 cm³/mol. The number of piperazine rings is 1. The molecule has 5 rings (SSSR count). The first kappa shape index (κ1) is 19.6. The molecule has 0 aliphatic carbocycles. The van der Waals surface area contributed by atoms with E-state index in [9.17, 15) is 8.42 Å². The molecule has 4 heterocycles. The van der Waals surface area contributed by atoms with Crippen molar-refractivity contribution in [1.82, 2.24) is 29.0 Å². The molecule has 0 atom stereocenters. The summed E-state index contributed by atoms with van der Waals surface area (Å²) in [6.45, 7) is 3.67. The number of hydrogen-bond acceptors (Lipinski definition) is 8. The van der Waals surface area contributed by atoms with E-state index in [1.165, 1.54) is 4.31 Å². The number of nitrogens with zero attached hydrogens (tertiary/aromatic N) is 7. The van der Waals surface area contributed by atoms with Crippen LogP contribution in [0.4, 0.5) is 5.82 Å². The summed E-state index contributed by atoms with van der Waals surface area (Å²) in [5.41, 5.74) is 1.03. The van der Waals surface area contributed by atoms with Gasteiger partial charge >= 0.3 is 0 Å². The number of fused-ring (bicyclic) bond motifs is 1. The van der Waals surface area contributed by atoms with Crippen molar-refractivity contribution in [2.45, 2.75) is 12.7 Å². The van der Waals surface area contributed by atoms with Crippen molar-refractivity contribution < 1.29 is 12.9 Å². The highest BCUT2D eigenvalue weighted by Gasteiger charge is 2.29. The van der Waals surface area contributed by atoms with Crippen LogP contribution in [0.25, 0.3) is 16.8 Å². The molecule has 1 saturated heterocycles. The maximum atomic E-state index is 13.0. The van der Waals surface area contributed by atoms with Crippen molar-refractivity contribution in [2.75, 3.05) is 31.1 Å². The zero-order valence-corrected chi connectivity index (χ0v) is 17.7. The second-order valence-corrected chi connectivity index (χ2v) is 9.34. The molecule has 0 spiro atoms. The number of hydrogen-bond donors (Lipinski definition) is 0. The van der Waals surface area contributed by atoms with Crippen LogP contribution in [-0.4, -0.2) is 63.6 Å². The number of anilines is 1. The summed E-state index contributed by atoms with van der Waals surface area (Å²) in [7, 11) is -3.52. The molecule has 0 amide bonds. The summed E-state index contributed by atoms with van der Waals surface area (Å²) in [5, 5.41) is 4.70. The Hall–Kier alpha value is -3.31. The van der Waals surface area contributed by atoms with Crippen LogP contribution in [0.2, 0.25) is 0 Å². The van der Waals surface area contributed by atoms with Crippen LogP contribution >= 0.6 is 0 Å². The van der Waals surface area contributed by atoms with Crippen LogP contribution in [0, 0.1) is 6.92 Å². The Kier molecular flexibility index (Phi) is 4.91. The lowest BCUT2D eigenvalue weighted by Crippen LogP contribution is -2.49. The second-order valence-electron chi connectivity index (χ2n) is 7.37. The van der Waals surface area contributed by atoms with Gasteiger partial charge < -0.3 is 9.42 Å². The van der Waals surface area contributed by atoms with E-state index in [0.29, 0.717) is 43.3 Å². The van der Waals surface area contributed by atoms with E-state index in [2.05, 4.69) is 25.0 Å². The topological polar surface area (TPSA) is 110 Å². The third-order valence-electron chi connectivity index (χ3n) is 5.31. The summed E-state index contributed by atoms with van der Waals surface area (Å²) < 4.78 is 34.6. The quantitative estimate of drug-likeness (QED) is 0.463. The van der Waals surface area contributed by atoms with E-state index >= 15 is 0 Å². The monoisotopic (exact) mass is 439 g/mol. The zero-order valence-electron chi connectivity index (χ0n) is 16.9. The molecule has 31 heavy (non-hydrogen) atoms. The standard InChI is InChI=1S/C20H21N7O3S/c1-15-22-19(12-20(23-15)26-7-6-21-14-26)25-8-10-27(11-9-25)31(28,29)13-17-16-4-2-3-5-18(16)30-24-17/h2-7,12,14H,8-11,13H2,1H3. The van der Waals surface area contributed by atoms with Crippen LogP contribution in [0.3, 0.4) is 0 Å². The first-order valence-electron chi connectivity index (χ1n) is 9.90. The fourth-order valence-corrected chi connectivity index (χ4v) is 5.18. The largest absolute Gasteiger partial charge is 0.356 e. The van der Waals surface area contributed by atoms with E-state index in [4.69, 9.17) is 4.52 Å². The van der Waals surface area contributed by atoms with Crippen molar-refractivity contribution in [3.63, 3.8) is 0 Å². The SMILES string of the molecule is Cc1nc(N2CCN(S(=O)(=O)Cc3noc4ccccc34)CC2)cc(-n2ccnc2)n1. The first-order valence-corrected chi connectivity index (χ1v) is 11.5. The molecular weight excluding hydrogens is 418 g/mol. The average molecular weight is 440 g/mol. The molecule has 11 heteroatoms. The molecule has 4 aromatic rings. The number of para-hydroxylation sites is 1. The molecular formula is C20H21N7O3S. The van der Waals surface area contributed by atoms with Gasteiger partial charge in [-0.05, 0) is 19.1 Å². The van der Waals surface area contributed by atoms with Crippen molar-refractivity contribution in [2.24, 2.45) is 0 Å². The molecule has 0 N–H and O–H groups in total. The summed E-state index contributed by atoms with van der Waals surface area (Å²) in [4.78, 5) is 15.1. The Morgan fingerprint density at radius 2 is 1.84 bits per heavy atom. The number of sulfonamides is 1. The fourth-order valence-electron chi connectivity index (χ4n) is 3.73. The van der Waals surface area contributed by atoms with Crippen LogP contribution in [0.1, 0.15) is 11.5 Å². The van der Waals surface area contributed by atoms with Crippen LogP contribution in [0.15, 0.2) is 53.6 Å². The lowest BCUT2D eigenvalue weighted by molar-refractivity contribution is 0.381. The highest BCUT2D eigenvalue weighted by atomic mass is 32.2. The molecule has 1 aromatic carbocycles. The van der Waals surface area contributed by atoms with Crippen molar-refractivity contribution in [1.29, 1.82) is 0 Å². The highest BCUT2D eigenvalue weighted by Crippen LogP contribution is 2.23. The summed E-state index contributed by atoms with van der Waals surface area (Å²) in [6.07, 6.45) is 5.20. The Balaban J connectivity index is 1.30. The second kappa shape index (κ2) is 7.75. The molecule has 1 fully saturated rings. The maximum Gasteiger partial charge on any atom is 0.220 e. The summed E-state index contributed by atoms with van der Waals surface area (Å²) in [5.74, 6) is 1.97. The van der Waals surface area contributed by atoms with Crippen LogP contribution in [0.5, 0.6) is 0 Å².